The second kappa shape index (κ2) is 7.20. The Bertz CT molecular complexity index is 682. The first-order valence-electron chi connectivity index (χ1n) is 5.73. The molecule has 0 amide bonds. The minimum atomic E-state index is -0.973. The van der Waals surface area contributed by atoms with Crippen LogP contribution in [0.3, 0.4) is 0 Å². The second-order valence-corrected chi connectivity index (χ2v) is 5.51. The summed E-state index contributed by atoms with van der Waals surface area (Å²) in [5.74, 6) is -1.95. The second-order valence-electron chi connectivity index (χ2n) is 3.94. The Morgan fingerprint density at radius 3 is 1.41 bits per heavy atom. The maximum atomic E-state index is 11.8. The molecular formula is C14H6Cl4O4. The van der Waals surface area contributed by atoms with Gasteiger partial charge in [-0.15, -0.1) is 0 Å². The van der Waals surface area contributed by atoms with E-state index >= 15 is 0 Å². The van der Waals surface area contributed by atoms with Crippen LogP contribution in [0.5, 0.6) is 0 Å². The number of carbonyl (C=O) groups is 2. The summed E-state index contributed by atoms with van der Waals surface area (Å²) in [6.07, 6.45) is 0. The highest BCUT2D eigenvalue weighted by atomic mass is 35.5. The molecular weight excluding hydrogens is 374 g/mol. The molecule has 22 heavy (non-hydrogen) atoms. The predicted molar refractivity (Wildman–Crippen MR) is 83.8 cm³/mol. The Kier molecular flexibility index (Phi) is 5.53. The lowest BCUT2D eigenvalue weighted by Crippen LogP contribution is -2.12. The number of benzene rings is 2. The van der Waals surface area contributed by atoms with Crippen LogP contribution in [0.4, 0.5) is 0 Å². The van der Waals surface area contributed by atoms with Crippen LogP contribution in [0, 0.1) is 0 Å². The summed E-state index contributed by atoms with van der Waals surface area (Å²) in [6.45, 7) is 0. The van der Waals surface area contributed by atoms with Gasteiger partial charge < -0.3 is 0 Å². The third-order valence-corrected chi connectivity index (χ3v) is 4.17. The van der Waals surface area contributed by atoms with Crippen molar-refractivity contribution in [1.82, 2.24) is 0 Å². The minimum absolute atomic E-state index is 0.00833. The van der Waals surface area contributed by atoms with Gasteiger partial charge in [-0.1, -0.05) is 58.5 Å². The topological polar surface area (TPSA) is 52.6 Å². The van der Waals surface area contributed by atoms with Crippen LogP contribution in [0.1, 0.15) is 20.7 Å². The molecule has 0 bridgehead atoms. The molecule has 0 radical (unpaired) electrons. The van der Waals surface area contributed by atoms with Gasteiger partial charge in [0.1, 0.15) is 0 Å². The van der Waals surface area contributed by atoms with Crippen molar-refractivity contribution < 1.29 is 19.4 Å². The summed E-state index contributed by atoms with van der Waals surface area (Å²) in [5, 5.41) is 0.317. The molecule has 2 rings (SSSR count). The SMILES string of the molecule is O=C(OOC(=O)c1cccc(Cl)c1Cl)c1cccc(Cl)c1Cl. The molecule has 2 aromatic carbocycles. The Hall–Kier alpha value is -1.46. The normalized spacial score (nSPS) is 10.2. The number of carbonyl (C=O) groups excluding carboxylic acids is 2. The van der Waals surface area contributed by atoms with Crippen LogP contribution >= 0.6 is 46.4 Å². The van der Waals surface area contributed by atoms with Crippen molar-refractivity contribution in [3.63, 3.8) is 0 Å². The lowest BCUT2D eigenvalue weighted by Gasteiger charge is -2.06. The Labute approximate surface area is 145 Å². The average molecular weight is 380 g/mol. The van der Waals surface area contributed by atoms with Crippen molar-refractivity contribution in [2.75, 3.05) is 0 Å². The summed E-state index contributed by atoms with van der Waals surface area (Å²) in [5.41, 5.74) is -0.0849. The van der Waals surface area contributed by atoms with Crippen LogP contribution < -0.4 is 0 Å². The number of rotatable bonds is 2. The van der Waals surface area contributed by atoms with Gasteiger partial charge in [0.15, 0.2) is 0 Å². The zero-order chi connectivity index (χ0) is 16.3. The molecule has 0 aliphatic rings. The van der Waals surface area contributed by atoms with Crippen LogP contribution in [-0.2, 0) is 9.78 Å². The zero-order valence-corrected chi connectivity index (χ0v) is 13.6. The van der Waals surface area contributed by atoms with Gasteiger partial charge in [0.05, 0.1) is 31.2 Å². The first-order valence-corrected chi connectivity index (χ1v) is 7.24. The van der Waals surface area contributed by atoms with Gasteiger partial charge in [0.2, 0.25) is 0 Å². The van der Waals surface area contributed by atoms with Crippen molar-refractivity contribution in [1.29, 1.82) is 0 Å². The zero-order valence-electron chi connectivity index (χ0n) is 10.6. The number of hydrogen-bond acceptors (Lipinski definition) is 4. The van der Waals surface area contributed by atoms with Gasteiger partial charge >= 0.3 is 11.9 Å². The third-order valence-electron chi connectivity index (χ3n) is 2.54. The molecule has 0 fully saturated rings. The van der Waals surface area contributed by atoms with Gasteiger partial charge in [-0.05, 0) is 24.3 Å². The highest BCUT2D eigenvalue weighted by Gasteiger charge is 2.20. The molecule has 8 heteroatoms. The molecule has 0 unspecified atom stereocenters. The molecule has 0 N–H and O–H groups in total. The first-order chi connectivity index (χ1) is 10.4. The molecule has 0 saturated carbocycles. The number of halogens is 4. The van der Waals surface area contributed by atoms with Gasteiger partial charge in [0, 0.05) is 0 Å². The smallest absolute Gasteiger partial charge is 0.241 e. The van der Waals surface area contributed by atoms with E-state index in [9.17, 15) is 9.59 Å². The quantitative estimate of drug-likeness (QED) is 0.529. The standard InChI is InChI=1S/C14H6Cl4O4/c15-9-5-1-3-7(11(9)17)13(19)21-22-14(20)8-4-2-6-10(16)12(8)18/h1-6H. The molecule has 0 spiro atoms. The van der Waals surface area contributed by atoms with Crippen LogP contribution in [0.15, 0.2) is 36.4 Å². The van der Waals surface area contributed by atoms with Gasteiger partial charge in [-0.2, -0.15) is 0 Å². The summed E-state index contributed by atoms with van der Waals surface area (Å²) in [4.78, 5) is 32.5. The van der Waals surface area contributed by atoms with Crippen LogP contribution in [0.2, 0.25) is 20.1 Å². The van der Waals surface area contributed by atoms with E-state index in [1.165, 1.54) is 36.4 Å². The fourth-order valence-corrected chi connectivity index (χ4v) is 2.24. The van der Waals surface area contributed by atoms with Crippen molar-refractivity contribution in [3.8, 4) is 0 Å². The number of hydrogen-bond donors (Lipinski definition) is 0. The fraction of sp³-hybridized carbons (Fsp3) is 0. The van der Waals surface area contributed by atoms with Crippen LogP contribution in [0.25, 0.3) is 0 Å². The van der Waals surface area contributed by atoms with Crippen molar-refractivity contribution in [2.24, 2.45) is 0 Å². The Balaban J connectivity index is 2.09. The summed E-state index contributed by atoms with van der Waals surface area (Å²) in [7, 11) is 0. The van der Waals surface area contributed by atoms with E-state index in [1.54, 1.807) is 0 Å². The van der Waals surface area contributed by atoms with E-state index in [2.05, 4.69) is 9.78 Å². The van der Waals surface area contributed by atoms with E-state index in [0.717, 1.165) is 0 Å². The lowest BCUT2D eigenvalue weighted by molar-refractivity contribution is -0.187. The minimum Gasteiger partial charge on any atom is -0.241 e. The molecule has 4 nitrogen and oxygen atoms in total. The molecule has 0 aliphatic carbocycles. The van der Waals surface area contributed by atoms with Crippen molar-refractivity contribution in [2.45, 2.75) is 0 Å². The van der Waals surface area contributed by atoms with Gasteiger partial charge in [-0.3, -0.25) is 0 Å². The molecule has 0 atom stereocenters. The third kappa shape index (κ3) is 3.65. The van der Waals surface area contributed by atoms with E-state index in [-0.39, 0.29) is 31.2 Å². The molecule has 0 heterocycles. The van der Waals surface area contributed by atoms with E-state index in [0.29, 0.717) is 0 Å². The molecule has 0 saturated heterocycles. The highest BCUT2D eigenvalue weighted by Crippen LogP contribution is 2.27. The maximum Gasteiger partial charge on any atom is 0.387 e. The fourth-order valence-electron chi connectivity index (χ4n) is 1.49. The van der Waals surface area contributed by atoms with Crippen molar-refractivity contribution >= 4 is 58.3 Å². The largest absolute Gasteiger partial charge is 0.387 e. The van der Waals surface area contributed by atoms with E-state index < -0.39 is 11.9 Å². The van der Waals surface area contributed by atoms with Crippen LogP contribution in [-0.4, -0.2) is 11.9 Å². The van der Waals surface area contributed by atoms with E-state index in [4.69, 9.17) is 46.4 Å². The van der Waals surface area contributed by atoms with E-state index in [1.807, 2.05) is 0 Å². The maximum absolute atomic E-state index is 11.8. The van der Waals surface area contributed by atoms with Gasteiger partial charge in [-0.25, -0.2) is 19.4 Å². The monoisotopic (exact) mass is 378 g/mol. The Morgan fingerprint density at radius 2 is 1.05 bits per heavy atom. The highest BCUT2D eigenvalue weighted by molar-refractivity contribution is 6.44. The molecule has 0 aliphatic heterocycles. The summed E-state index contributed by atoms with van der Waals surface area (Å²) >= 11 is 23.3. The molecule has 2 aromatic rings. The first kappa shape index (κ1) is 16.9. The van der Waals surface area contributed by atoms with Gasteiger partial charge in [0.25, 0.3) is 0 Å². The Morgan fingerprint density at radius 1 is 0.682 bits per heavy atom. The predicted octanol–water partition coefficient (Wildman–Crippen LogP) is 5.23. The molecule has 114 valence electrons. The average Bonchev–Trinajstić information content (AvgIpc) is 2.50. The summed E-state index contributed by atoms with van der Waals surface area (Å²) < 4.78 is 0. The van der Waals surface area contributed by atoms with Crippen molar-refractivity contribution in [3.05, 3.63) is 67.6 Å². The lowest BCUT2D eigenvalue weighted by atomic mass is 10.2. The summed E-state index contributed by atoms with van der Waals surface area (Å²) in [6, 6.07) is 8.74. The molecule has 0 aromatic heterocycles.